The van der Waals surface area contributed by atoms with Gasteiger partial charge in [0.1, 0.15) is 5.82 Å². The van der Waals surface area contributed by atoms with Crippen LogP contribution in [0.25, 0.3) is 0 Å². The minimum atomic E-state index is -0.265. The molecule has 146 valence electrons. The number of hydrogen-bond donors (Lipinski definition) is 1. The van der Waals surface area contributed by atoms with E-state index in [4.69, 9.17) is 0 Å². The summed E-state index contributed by atoms with van der Waals surface area (Å²) in [5, 5.41) is 7.11. The van der Waals surface area contributed by atoms with Gasteiger partial charge in [-0.15, -0.1) is 0 Å². The summed E-state index contributed by atoms with van der Waals surface area (Å²) in [6, 6.07) is 6.28. The van der Waals surface area contributed by atoms with Crippen LogP contribution in [-0.2, 0) is 6.54 Å². The summed E-state index contributed by atoms with van der Waals surface area (Å²) in [5.74, 6) is -0.265. The van der Waals surface area contributed by atoms with E-state index >= 15 is 0 Å². The van der Waals surface area contributed by atoms with Crippen LogP contribution < -0.4 is 5.32 Å². The van der Waals surface area contributed by atoms with Crippen molar-refractivity contribution >= 4 is 11.7 Å². The molecule has 1 fully saturated rings. The van der Waals surface area contributed by atoms with Crippen LogP contribution in [0.15, 0.2) is 36.7 Å². The lowest BCUT2D eigenvalue weighted by atomic mass is 10.2. The maximum absolute atomic E-state index is 13.3. The van der Waals surface area contributed by atoms with Crippen LogP contribution in [0.4, 0.5) is 14.9 Å². The third-order valence-electron chi connectivity index (χ3n) is 4.92. The molecule has 1 aliphatic rings. The first-order chi connectivity index (χ1) is 13.1. The Morgan fingerprint density at radius 2 is 2.04 bits per heavy atom. The van der Waals surface area contributed by atoms with Crippen molar-refractivity contribution in [1.82, 2.24) is 19.6 Å². The monoisotopic (exact) mass is 373 g/mol. The van der Waals surface area contributed by atoms with Crippen molar-refractivity contribution in [2.45, 2.75) is 32.2 Å². The Morgan fingerprint density at radius 1 is 1.26 bits per heavy atom. The molecule has 3 rings (SSSR count). The standard InChI is InChI=1S/C20H28FN5O/c1-24(11-12-25-9-4-2-3-5-10-25)20(27)23-19-14-22-26(16-19)15-17-7-6-8-18(21)13-17/h6-8,13-14,16H,2-5,9-12,15H2,1H3,(H,23,27). The van der Waals surface area contributed by atoms with E-state index < -0.39 is 0 Å². The van der Waals surface area contributed by atoms with Gasteiger partial charge in [-0.1, -0.05) is 25.0 Å². The van der Waals surface area contributed by atoms with Gasteiger partial charge < -0.3 is 15.1 Å². The fourth-order valence-electron chi connectivity index (χ4n) is 3.31. The highest BCUT2D eigenvalue weighted by molar-refractivity contribution is 5.88. The Labute approximate surface area is 160 Å². The highest BCUT2D eigenvalue weighted by atomic mass is 19.1. The lowest BCUT2D eigenvalue weighted by molar-refractivity contribution is 0.207. The SMILES string of the molecule is CN(CCN1CCCCCC1)C(=O)Nc1cnn(Cc2cccc(F)c2)c1. The first kappa shape index (κ1) is 19.4. The lowest BCUT2D eigenvalue weighted by Gasteiger charge is -2.24. The molecule has 1 N–H and O–H groups in total. The lowest BCUT2D eigenvalue weighted by Crippen LogP contribution is -2.38. The minimum Gasteiger partial charge on any atom is -0.326 e. The summed E-state index contributed by atoms with van der Waals surface area (Å²) >= 11 is 0. The van der Waals surface area contributed by atoms with Crippen LogP contribution in [0.5, 0.6) is 0 Å². The average molecular weight is 373 g/mol. The molecule has 0 atom stereocenters. The third-order valence-corrected chi connectivity index (χ3v) is 4.92. The second kappa shape index (κ2) is 9.50. The molecular weight excluding hydrogens is 345 g/mol. The van der Waals surface area contributed by atoms with Crippen LogP contribution in [0.3, 0.4) is 0 Å². The van der Waals surface area contributed by atoms with Gasteiger partial charge in [0, 0.05) is 26.3 Å². The number of benzene rings is 1. The van der Waals surface area contributed by atoms with Gasteiger partial charge >= 0.3 is 6.03 Å². The number of urea groups is 1. The fourth-order valence-corrected chi connectivity index (χ4v) is 3.31. The molecule has 2 heterocycles. The average Bonchev–Trinajstić information content (AvgIpc) is 2.91. The van der Waals surface area contributed by atoms with Crippen molar-refractivity contribution in [1.29, 1.82) is 0 Å². The Bertz CT molecular complexity index is 739. The molecule has 0 unspecified atom stereocenters. The number of anilines is 1. The van der Waals surface area contributed by atoms with Gasteiger partial charge in [-0.3, -0.25) is 4.68 Å². The summed E-state index contributed by atoms with van der Waals surface area (Å²) in [4.78, 5) is 16.5. The molecule has 2 aromatic rings. The van der Waals surface area contributed by atoms with E-state index in [9.17, 15) is 9.18 Å². The van der Waals surface area contributed by atoms with Crippen molar-refractivity contribution in [3.8, 4) is 0 Å². The molecule has 7 heteroatoms. The Morgan fingerprint density at radius 3 is 2.78 bits per heavy atom. The number of likely N-dealkylation sites (N-methyl/N-ethyl adjacent to an activating group) is 1. The van der Waals surface area contributed by atoms with Crippen molar-refractivity contribution < 1.29 is 9.18 Å². The summed E-state index contributed by atoms with van der Waals surface area (Å²) in [6.07, 6.45) is 8.49. The summed E-state index contributed by atoms with van der Waals surface area (Å²) in [6.45, 7) is 4.31. The minimum absolute atomic E-state index is 0.143. The highest BCUT2D eigenvalue weighted by Crippen LogP contribution is 2.11. The normalized spacial score (nSPS) is 15.3. The Balaban J connectivity index is 1.46. The zero-order chi connectivity index (χ0) is 19.1. The maximum Gasteiger partial charge on any atom is 0.321 e. The summed E-state index contributed by atoms with van der Waals surface area (Å²) in [5.41, 5.74) is 1.46. The number of carbonyl (C=O) groups is 1. The molecule has 0 aliphatic carbocycles. The van der Waals surface area contributed by atoms with E-state index in [1.54, 1.807) is 28.0 Å². The number of nitrogens with zero attached hydrogens (tertiary/aromatic N) is 4. The van der Waals surface area contributed by atoms with Crippen molar-refractivity contribution in [3.05, 3.63) is 48.0 Å². The Kier molecular flexibility index (Phi) is 6.81. The topological polar surface area (TPSA) is 53.4 Å². The smallest absolute Gasteiger partial charge is 0.321 e. The van der Waals surface area contributed by atoms with E-state index in [1.165, 1.54) is 37.8 Å². The van der Waals surface area contributed by atoms with E-state index in [1.807, 2.05) is 13.1 Å². The van der Waals surface area contributed by atoms with E-state index in [0.29, 0.717) is 18.8 Å². The number of amides is 2. The van der Waals surface area contributed by atoms with Crippen molar-refractivity contribution in [3.63, 3.8) is 0 Å². The number of likely N-dealkylation sites (tertiary alicyclic amines) is 1. The second-order valence-electron chi connectivity index (χ2n) is 7.16. The van der Waals surface area contributed by atoms with Crippen molar-refractivity contribution in [2.24, 2.45) is 0 Å². The van der Waals surface area contributed by atoms with Gasteiger partial charge in [0.05, 0.1) is 18.4 Å². The molecule has 27 heavy (non-hydrogen) atoms. The second-order valence-corrected chi connectivity index (χ2v) is 7.16. The van der Waals surface area contributed by atoms with Crippen LogP contribution >= 0.6 is 0 Å². The Hall–Kier alpha value is -2.41. The van der Waals surface area contributed by atoms with Crippen LogP contribution in [0.1, 0.15) is 31.2 Å². The van der Waals surface area contributed by atoms with Gasteiger partial charge in [0.2, 0.25) is 0 Å². The first-order valence-electron chi connectivity index (χ1n) is 9.61. The number of halogens is 1. The number of aromatic nitrogens is 2. The zero-order valence-corrected chi connectivity index (χ0v) is 15.9. The fraction of sp³-hybridized carbons (Fsp3) is 0.500. The van der Waals surface area contributed by atoms with E-state index in [-0.39, 0.29) is 11.8 Å². The highest BCUT2D eigenvalue weighted by Gasteiger charge is 2.13. The molecule has 1 aromatic carbocycles. The summed E-state index contributed by atoms with van der Waals surface area (Å²) in [7, 11) is 1.81. The van der Waals surface area contributed by atoms with Crippen LogP contribution in [0, 0.1) is 5.82 Å². The predicted octanol–water partition coefficient (Wildman–Crippen LogP) is 3.41. The molecular formula is C20H28FN5O. The maximum atomic E-state index is 13.3. The molecule has 1 aliphatic heterocycles. The molecule has 0 spiro atoms. The first-order valence-corrected chi connectivity index (χ1v) is 9.61. The molecule has 6 nitrogen and oxygen atoms in total. The van der Waals surface area contributed by atoms with E-state index in [2.05, 4.69) is 15.3 Å². The van der Waals surface area contributed by atoms with Gasteiger partial charge in [-0.05, 0) is 43.6 Å². The van der Waals surface area contributed by atoms with Gasteiger partial charge in [0.25, 0.3) is 0 Å². The number of nitrogens with one attached hydrogen (secondary N) is 1. The van der Waals surface area contributed by atoms with Gasteiger partial charge in [0.15, 0.2) is 0 Å². The molecule has 2 amide bonds. The predicted molar refractivity (Wildman–Crippen MR) is 104 cm³/mol. The van der Waals surface area contributed by atoms with Crippen LogP contribution in [-0.4, -0.2) is 58.8 Å². The molecule has 0 radical (unpaired) electrons. The zero-order valence-electron chi connectivity index (χ0n) is 15.9. The number of carbonyl (C=O) groups excluding carboxylic acids is 1. The quantitative estimate of drug-likeness (QED) is 0.844. The van der Waals surface area contributed by atoms with Gasteiger partial charge in [-0.25, -0.2) is 9.18 Å². The molecule has 1 aromatic heterocycles. The van der Waals surface area contributed by atoms with Gasteiger partial charge in [-0.2, -0.15) is 5.10 Å². The van der Waals surface area contributed by atoms with Crippen molar-refractivity contribution in [2.75, 3.05) is 38.5 Å². The number of hydrogen-bond acceptors (Lipinski definition) is 3. The number of rotatable bonds is 6. The molecule has 0 saturated carbocycles. The van der Waals surface area contributed by atoms with E-state index in [0.717, 1.165) is 25.2 Å². The molecule has 1 saturated heterocycles. The third kappa shape index (κ3) is 6.06. The van der Waals surface area contributed by atoms with Crippen LogP contribution in [0.2, 0.25) is 0 Å². The molecule has 0 bridgehead atoms. The largest absolute Gasteiger partial charge is 0.326 e. The summed E-state index contributed by atoms with van der Waals surface area (Å²) < 4.78 is 15.0.